The van der Waals surface area contributed by atoms with Crippen molar-refractivity contribution in [1.82, 2.24) is 15.2 Å². The monoisotopic (exact) mass is 492 g/mol. The van der Waals surface area contributed by atoms with E-state index in [1.165, 1.54) is 17.3 Å². The van der Waals surface area contributed by atoms with E-state index < -0.39 is 17.0 Å². The van der Waals surface area contributed by atoms with Crippen molar-refractivity contribution in [1.29, 1.82) is 0 Å². The Morgan fingerprint density at radius 3 is 2.57 bits per heavy atom. The smallest absolute Gasteiger partial charge is 0.294 e. The molecule has 0 unspecified atom stereocenters. The summed E-state index contributed by atoms with van der Waals surface area (Å²) in [6.45, 7) is 0.329. The van der Waals surface area contributed by atoms with Crippen LogP contribution in [0.3, 0.4) is 0 Å². The molecule has 1 fully saturated rings. The van der Waals surface area contributed by atoms with Crippen molar-refractivity contribution in [3.8, 4) is 0 Å². The van der Waals surface area contributed by atoms with E-state index in [2.05, 4.69) is 10.3 Å². The number of likely N-dealkylation sites (tertiary alicyclic amines) is 1. The maximum absolute atomic E-state index is 13.2. The lowest BCUT2D eigenvalue weighted by Crippen LogP contribution is -2.44. The summed E-state index contributed by atoms with van der Waals surface area (Å²) in [5.74, 6) is -0.943. The second kappa shape index (κ2) is 9.90. The Morgan fingerprint density at radius 1 is 1.33 bits per heavy atom. The molecule has 1 aliphatic heterocycles. The zero-order valence-electron chi connectivity index (χ0n) is 15.3. The SMILES string of the molecule is O=C(NCC(=O)N1CCC(F)CC1)c1cc([N+](=O)[O-])c(Sc2c(Cl)cncc2Cl)s1. The minimum Gasteiger partial charge on any atom is -0.342 e. The average Bonchev–Trinajstić information content (AvgIpc) is 3.14. The third-order valence-corrected chi connectivity index (χ3v) is 7.54. The van der Waals surface area contributed by atoms with Gasteiger partial charge in [0.2, 0.25) is 5.91 Å². The predicted octanol–water partition coefficient (Wildman–Crippen LogP) is 4.20. The number of nitrogens with one attached hydrogen (secondary N) is 1. The number of piperidine rings is 1. The van der Waals surface area contributed by atoms with Crippen LogP contribution in [0.1, 0.15) is 22.5 Å². The lowest BCUT2D eigenvalue weighted by Gasteiger charge is -2.28. The molecule has 1 saturated heterocycles. The van der Waals surface area contributed by atoms with Gasteiger partial charge in [-0.05, 0) is 12.8 Å². The molecule has 3 rings (SSSR count). The van der Waals surface area contributed by atoms with Crippen LogP contribution in [0.2, 0.25) is 10.0 Å². The van der Waals surface area contributed by atoms with Crippen LogP contribution >= 0.6 is 46.3 Å². The van der Waals surface area contributed by atoms with Gasteiger partial charge < -0.3 is 10.2 Å². The van der Waals surface area contributed by atoms with Crippen molar-refractivity contribution >= 4 is 63.8 Å². The van der Waals surface area contributed by atoms with Crippen LogP contribution in [0.4, 0.5) is 10.1 Å². The summed E-state index contributed by atoms with van der Waals surface area (Å²) in [4.78, 5) is 41.2. The molecule has 30 heavy (non-hydrogen) atoms. The second-order valence-electron chi connectivity index (χ2n) is 6.31. The third-order valence-electron chi connectivity index (χ3n) is 4.28. The molecule has 1 N–H and O–H groups in total. The first kappa shape index (κ1) is 22.7. The molecule has 2 aromatic heterocycles. The van der Waals surface area contributed by atoms with Gasteiger partial charge in [-0.1, -0.05) is 35.0 Å². The molecular weight excluding hydrogens is 478 g/mol. The summed E-state index contributed by atoms with van der Waals surface area (Å²) in [5, 5.41) is 14.3. The molecule has 8 nitrogen and oxygen atoms in total. The molecule has 2 aromatic rings. The minimum absolute atomic E-state index is 0.0702. The second-order valence-corrected chi connectivity index (χ2v) is 9.46. The van der Waals surface area contributed by atoms with Crippen LogP contribution in [0.5, 0.6) is 0 Å². The van der Waals surface area contributed by atoms with Gasteiger partial charge in [0.25, 0.3) is 11.6 Å². The first-order valence-electron chi connectivity index (χ1n) is 8.71. The standard InChI is InChI=1S/C17H15Cl2FN4O4S2/c18-10-6-21-7-11(19)15(10)30-17-12(24(27)28)5-13(29-17)16(26)22-8-14(25)23-3-1-9(20)2-4-23/h5-7,9H,1-4,8H2,(H,22,26). The highest BCUT2D eigenvalue weighted by Crippen LogP contribution is 2.45. The molecule has 13 heteroatoms. The topological polar surface area (TPSA) is 105 Å². The first-order valence-corrected chi connectivity index (χ1v) is 11.1. The fourth-order valence-corrected chi connectivity index (χ4v) is 5.50. The molecule has 0 atom stereocenters. The van der Waals surface area contributed by atoms with Crippen LogP contribution in [-0.2, 0) is 4.79 Å². The van der Waals surface area contributed by atoms with Crippen molar-refractivity contribution in [3.63, 3.8) is 0 Å². The van der Waals surface area contributed by atoms with Gasteiger partial charge in [-0.3, -0.25) is 24.7 Å². The van der Waals surface area contributed by atoms with Gasteiger partial charge in [-0.2, -0.15) is 0 Å². The molecular formula is C17H15Cl2FN4O4S2. The number of hydrogen-bond donors (Lipinski definition) is 1. The van der Waals surface area contributed by atoms with Gasteiger partial charge >= 0.3 is 0 Å². The maximum Gasteiger partial charge on any atom is 0.294 e. The number of amides is 2. The lowest BCUT2D eigenvalue weighted by atomic mass is 10.1. The Morgan fingerprint density at radius 2 is 1.97 bits per heavy atom. The lowest BCUT2D eigenvalue weighted by molar-refractivity contribution is -0.387. The number of thiophene rings is 1. The Hall–Kier alpha value is -1.95. The highest BCUT2D eigenvalue weighted by Gasteiger charge is 2.26. The van der Waals surface area contributed by atoms with E-state index in [0.29, 0.717) is 18.0 Å². The normalized spacial score (nSPS) is 14.6. The molecule has 160 valence electrons. The average molecular weight is 493 g/mol. The quantitative estimate of drug-likeness (QED) is 0.478. The molecule has 0 spiro atoms. The van der Waals surface area contributed by atoms with Crippen LogP contribution in [-0.4, -0.2) is 52.4 Å². The summed E-state index contributed by atoms with van der Waals surface area (Å²) in [6.07, 6.45) is 2.36. The fraction of sp³-hybridized carbons (Fsp3) is 0.353. The summed E-state index contributed by atoms with van der Waals surface area (Å²) in [6, 6.07) is 1.14. The van der Waals surface area contributed by atoms with Crippen LogP contribution < -0.4 is 5.32 Å². The van der Waals surface area contributed by atoms with E-state index >= 15 is 0 Å². The molecule has 0 saturated carbocycles. The van der Waals surface area contributed by atoms with Crippen LogP contribution in [0.15, 0.2) is 27.6 Å². The molecule has 1 aliphatic rings. The van der Waals surface area contributed by atoms with E-state index in [4.69, 9.17) is 23.2 Å². The Bertz CT molecular complexity index is 962. The molecule has 0 bridgehead atoms. The van der Waals surface area contributed by atoms with Crippen LogP contribution in [0, 0.1) is 10.1 Å². The first-order chi connectivity index (χ1) is 14.3. The molecule has 3 heterocycles. The maximum atomic E-state index is 13.2. The van der Waals surface area contributed by atoms with Crippen LogP contribution in [0.25, 0.3) is 0 Å². The number of carbonyl (C=O) groups excluding carboxylic acids is 2. The summed E-state index contributed by atoms with van der Waals surface area (Å²) in [5.41, 5.74) is -0.268. The minimum atomic E-state index is -0.909. The van der Waals surface area contributed by atoms with E-state index in [1.54, 1.807) is 0 Å². The number of hydrogen-bond acceptors (Lipinski definition) is 7. The van der Waals surface area contributed by atoms with Crippen molar-refractivity contribution in [2.24, 2.45) is 0 Å². The summed E-state index contributed by atoms with van der Waals surface area (Å²) < 4.78 is 13.4. The molecule has 0 aromatic carbocycles. The van der Waals surface area contributed by atoms with Gasteiger partial charge in [-0.15, -0.1) is 11.3 Å². The number of alkyl halides is 1. The van der Waals surface area contributed by atoms with Gasteiger partial charge in [-0.25, -0.2) is 4.39 Å². The highest BCUT2D eigenvalue weighted by atomic mass is 35.5. The van der Waals surface area contributed by atoms with Crippen molar-refractivity contribution < 1.29 is 18.9 Å². The fourth-order valence-electron chi connectivity index (χ4n) is 2.72. The number of pyridine rings is 1. The molecule has 0 aliphatic carbocycles. The van der Waals surface area contributed by atoms with E-state index in [0.717, 1.165) is 29.2 Å². The Balaban J connectivity index is 1.70. The number of rotatable bonds is 6. The van der Waals surface area contributed by atoms with E-state index in [9.17, 15) is 24.1 Å². The number of nitro groups is 1. The van der Waals surface area contributed by atoms with Gasteiger partial charge in [0, 0.05) is 31.5 Å². The number of aromatic nitrogens is 1. The largest absolute Gasteiger partial charge is 0.342 e. The number of halogens is 3. The van der Waals surface area contributed by atoms with Crippen molar-refractivity contribution in [2.75, 3.05) is 19.6 Å². The number of nitrogens with zero attached hydrogens (tertiary/aromatic N) is 3. The van der Waals surface area contributed by atoms with Gasteiger partial charge in [0.05, 0.1) is 26.4 Å². The molecule has 2 amide bonds. The van der Waals surface area contributed by atoms with Gasteiger partial charge in [0.1, 0.15) is 15.3 Å². The Kier molecular flexibility index (Phi) is 7.50. The summed E-state index contributed by atoms with van der Waals surface area (Å²) in [7, 11) is 0. The van der Waals surface area contributed by atoms with Crippen molar-refractivity contribution in [3.05, 3.63) is 43.5 Å². The highest BCUT2D eigenvalue weighted by molar-refractivity contribution is 8.01. The Labute approximate surface area is 188 Å². The van der Waals surface area contributed by atoms with E-state index in [-0.39, 0.29) is 50.1 Å². The number of carbonyl (C=O) groups is 2. The van der Waals surface area contributed by atoms with Crippen molar-refractivity contribution in [2.45, 2.75) is 28.1 Å². The predicted molar refractivity (Wildman–Crippen MR) is 112 cm³/mol. The summed E-state index contributed by atoms with van der Waals surface area (Å²) >= 11 is 14.0. The zero-order valence-corrected chi connectivity index (χ0v) is 18.4. The third kappa shape index (κ3) is 5.39. The zero-order chi connectivity index (χ0) is 21.8. The molecule has 0 radical (unpaired) electrons. The van der Waals surface area contributed by atoms with Gasteiger partial charge in [0.15, 0.2) is 0 Å². The van der Waals surface area contributed by atoms with E-state index in [1.807, 2.05) is 0 Å².